The van der Waals surface area contributed by atoms with E-state index in [4.69, 9.17) is 0 Å². The first-order valence-electron chi connectivity index (χ1n) is 8.06. The fraction of sp³-hybridized carbons (Fsp3) is 0.278. The van der Waals surface area contributed by atoms with Crippen LogP contribution in [-0.2, 0) is 22.7 Å². The van der Waals surface area contributed by atoms with Gasteiger partial charge in [-0.25, -0.2) is 4.98 Å². The number of para-hydroxylation sites is 2. The first-order chi connectivity index (χ1) is 12.0. The Kier molecular flexibility index (Phi) is 5.14. The number of carbonyl (C=O) groups excluding carboxylic acids is 2. The van der Waals surface area contributed by atoms with Crippen LogP contribution in [0.4, 0.5) is 0 Å². The van der Waals surface area contributed by atoms with Crippen molar-refractivity contribution in [2.24, 2.45) is 0 Å². The van der Waals surface area contributed by atoms with E-state index in [1.54, 1.807) is 11.3 Å². The van der Waals surface area contributed by atoms with Crippen molar-refractivity contribution in [3.8, 4) is 0 Å². The van der Waals surface area contributed by atoms with Crippen LogP contribution in [0.3, 0.4) is 0 Å². The molecule has 2 amide bonds. The average Bonchev–Trinajstić information content (AvgIpc) is 3.20. The number of fused-ring (bicyclic) bond motifs is 1. The quantitative estimate of drug-likeness (QED) is 0.713. The Bertz CT molecular complexity index is 886. The highest BCUT2D eigenvalue weighted by Crippen LogP contribution is 2.20. The molecule has 1 atom stereocenters. The van der Waals surface area contributed by atoms with Crippen LogP contribution < -0.4 is 10.6 Å². The van der Waals surface area contributed by atoms with E-state index in [0.717, 1.165) is 15.9 Å². The third-order valence-corrected chi connectivity index (χ3v) is 4.71. The second-order valence-electron chi connectivity index (χ2n) is 5.82. The lowest BCUT2D eigenvalue weighted by Gasteiger charge is -2.15. The molecule has 6 nitrogen and oxygen atoms in total. The molecule has 0 spiro atoms. The van der Waals surface area contributed by atoms with Crippen LogP contribution in [-0.4, -0.2) is 21.4 Å². The minimum absolute atomic E-state index is 0.0900. The summed E-state index contributed by atoms with van der Waals surface area (Å²) in [7, 11) is 0. The van der Waals surface area contributed by atoms with Crippen LogP contribution in [0, 0.1) is 0 Å². The minimum Gasteiger partial charge on any atom is -0.350 e. The molecule has 130 valence electrons. The highest BCUT2D eigenvalue weighted by molar-refractivity contribution is 7.09. The van der Waals surface area contributed by atoms with Crippen molar-refractivity contribution >= 4 is 34.2 Å². The van der Waals surface area contributed by atoms with Gasteiger partial charge in [-0.3, -0.25) is 9.59 Å². The molecule has 0 saturated heterocycles. The van der Waals surface area contributed by atoms with Crippen molar-refractivity contribution in [1.29, 1.82) is 0 Å². The Morgan fingerprint density at radius 1 is 1.24 bits per heavy atom. The van der Waals surface area contributed by atoms with Gasteiger partial charge in [-0.2, -0.15) is 0 Å². The maximum Gasteiger partial charge on any atom is 0.240 e. The van der Waals surface area contributed by atoms with Gasteiger partial charge in [-0.05, 0) is 30.5 Å². The van der Waals surface area contributed by atoms with Gasteiger partial charge in [0.2, 0.25) is 11.8 Å². The van der Waals surface area contributed by atoms with Gasteiger partial charge >= 0.3 is 0 Å². The van der Waals surface area contributed by atoms with E-state index >= 15 is 0 Å². The van der Waals surface area contributed by atoms with E-state index in [-0.39, 0.29) is 24.4 Å². The number of thiophene rings is 1. The van der Waals surface area contributed by atoms with Crippen molar-refractivity contribution in [1.82, 2.24) is 20.2 Å². The molecule has 1 aromatic carbocycles. The van der Waals surface area contributed by atoms with E-state index in [0.29, 0.717) is 12.4 Å². The summed E-state index contributed by atoms with van der Waals surface area (Å²) in [5, 5.41) is 7.75. The molecule has 1 unspecified atom stereocenters. The van der Waals surface area contributed by atoms with Gasteiger partial charge in [0.15, 0.2) is 0 Å². The highest BCUT2D eigenvalue weighted by atomic mass is 32.1. The number of benzene rings is 1. The van der Waals surface area contributed by atoms with Crippen LogP contribution >= 0.6 is 11.3 Å². The normalized spacial score (nSPS) is 12.1. The summed E-state index contributed by atoms with van der Waals surface area (Å²) in [6, 6.07) is 11.3. The van der Waals surface area contributed by atoms with Gasteiger partial charge in [0, 0.05) is 11.8 Å². The van der Waals surface area contributed by atoms with Gasteiger partial charge in [0.1, 0.15) is 12.4 Å². The number of rotatable bonds is 6. The van der Waals surface area contributed by atoms with Crippen LogP contribution in [0.5, 0.6) is 0 Å². The zero-order valence-corrected chi connectivity index (χ0v) is 15.0. The lowest BCUT2D eigenvalue weighted by atomic mass is 10.3. The number of imidazole rings is 1. The molecule has 0 radical (unpaired) electrons. The predicted octanol–water partition coefficient (Wildman–Crippen LogP) is 2.61. The summed E-state index contributed by atoms with van der Waals surface area (Å²) in [5.74, 6) is 0.448. The first kappa shape index (κ1) is 17.2. The summed E-state index contributed by atoms with van der Waals surface area (Å²) < 4.78 is 1.86. The number of amides is 2. The zero-order chi connectivity index (χ0) is 17.8. The van der Waals surface area contributed by atoms with E-state index < -0.39 is 0 Å². The number of carbonyl (C=O) groups is 2. The standard InChI is InChI=1S/C18H20N4O2S/c1-12(20-13(2)23)18-21-15-7-3-4-8-16(15)22(18)11-17(24)19-10-14-6-5-9-25-14/h3-9,12H,10-11H2,1-2H3,(H,19,24)(H,20,23). The molecule has 2 N–H and O–H groups in total. The second kappa shape index (κ2) is 7.48. The number of nitrogens with one attached hydrogen (secondary N) is 2. The maximum atomic E-state index is 12.4. The topological polar surface area (TPSA) is 76.0 Å². The molecule has 25 heavy (non-hydrogen) atoms. The molecule has 0 bridgehead atoms. The maximum absolute atomic E-state index is 12.4. The first-order valence-corrected chi connectivity index (χ1v) is 8.94. The average molecular weight is 356 g/mol. The summed E-state index contributed by atoms with van der Waals surface area (Å²) in [6.45, 7) is 4.00. The number of aromatic nitrogens is 2. The van der Waals surface area contributed by atoms with Crippen LogP contribution in [0.25, 0.3) is 11.0 Å². The van der Waals surface area contributed by atoms with Crippen molar-refractivity contribution < 1.29 is 9.59 Å². The lowest BCUT2D eigenvalue weighted by Crippen LogP contribution is -2.30. The molecular weight excluding hydrogens is 336 g/mol. The Labute approximate surface area is 149 Å². The third kappa shape index (κ3) is 4.06. The zero-order valence-electron chi connectivity index (χ0n) is 14.2. The Morgan fingerprint density at radius 2 is 2.04 bits per heavy atom. The summed E-state index contributed by atoms with van der Waals surface area (Å²) in [5.41, 5.74) is 1.68. The van der Waals surface area contributed by atoms with Gasteiger partial charge in [-0.15, -0.1) is 11.3 Å². The fourth-order valence-electron chi connectivity index (χ4n) is 2.76. The molecule has 0 aliphatic rings. The molecule has 0 fully saturated rings. The SMILES string of the molecule is CC(=O)NC(C)c1nc2ccccc2n1CC(=O)NCc1cccs1. The van der Waals surface area contributed by atoms with Crippen LogP contribution in [0.15, 0.2) is 41.8 Å². The van der Waals surface area contributed by atoms with E-state index in [2.05, 4.69) is 15.6 Å². The Hall–Kier alpha value is -2.67. The smallest absolute Gasteiger partial charge is 0.240 e. The molecule has 0 aliphatic carbocycles. The molecule has 2 heterocycles. The Morgan fingerprint density at radius 3 is 2.76 bits per heavy atom. The van der Waals surface area contributed by atoms with Crippen molar-refractivity contribution in [3.63, 3.8) is 0 Å². The molecular formula is C18H20N4O2S. The second-order valence-corrected chi connectivity index (χ2v) is 6.86. The van der Waals surface area contributed by atoms with Crippen molar-refractivity contribution in [2.45, 2.75) is 33.0 Å². The molecule has 0 aliphatic heterocycles. The number of hydrogen-bond acceptors (Lipinski definition) is 4. The predicted molar refractivity (Wildman–Crippen MR) is 98.1 cm³/mol. The fourth-order valence-corrected chi connectivity index (χ4v) is 3.40. The minimum atomic E-state index is -0.282. The van der Waals surface area contributed by atoms with Crippen molar-refractivity contribution in [2.75, 3.05) is 0 Å². The third-order valence-electron chi connectivity index (χ3n) is 3.83. The van der Waals surface area contributed by atoms with E-state index in [1.165, 1.54) is 6.92 Å². The van der Waals surface area contributed by atoms with Crippen molar-refractivity contribution in [3.05, 3.63) is 52.5 Å². The summed E-state index contributed by atoms with van der Waals surface area (Å²) >= 11 is 1.61. The highest BCUT2D eigenvalue weighted by Gasteiger charge is 2.19. The summed E-state index contributed by atoms with van der Waals surface area (Å²) in [6.07, 6.45) is 0. The molecule has 0 saturated carbocycles. The largest absolute Gasteiger partial charge is 0.350 e. The number of nitrogens with zero attached hydrogens (tertiary/aromatic N) is 2. The monoisotopic (exact) mass is 356 g/mol. The molecule has 7 heteroatoms. The number of hydrogen-bond donors (Lipinski definition) is 2. The molecule has 3 aromatic rings. The van der Waals surface area contributed by atoms with Gasteiger partial charge in [0.05, 0.1) is 23.6 Å². The van der Waals surface area contributed by atoms with Crippen LogP contribution in [0.2, 0.25) is 0 Å². The van der Waals surface area contributed by atoms with Gasteiger partial charge in [-0.1, -0.05) is 18.2 Å². The Balaban J connectivity index is 1.82. The summed E-state index contributed by atoms with van der Waals surface area (Å²) in [4.78, 5) is 29.5. The van der Waals surface area contributed by atoms with E-state index in [1.807, 2.05) is 53.3 Å². The molecule has 2 aromatic heterocycles. The van der Waals surface area contributed by atoms with Gasteiger partial charge < -0.3 is 15.2 Å². The molecule has 3 rings (SSSR count). The lowest BCUT2D eigenvalue weighted by molar-refractivity contribution is -0.121. The van der Waals surface area contributed by atoms with Crippen LogP contribution in [0.1, 0.15) is 30.6 Å². The van der Waals surface area contributed by atoms with E-state index in [9.17, 15) is 9.59 Å². The van der Waals surface area contributed by atoms with Gasteiger partial charge in [0.25, 0.3) is 0 Å².